The van der Waals surface area contributed by atoms with Gasteiger partial charge in [0.25, 0.3) is 0 Å². The number of ether oxygens (including phenoxy) is 2. The molecule has 3 aliphatic heterocycles. The third-order valence-electron chi connectivity index (χ3n) is 9.43. The molecule has 3 aromatic carbocycles. The quantitative estimate of drug-likeness (QED) is 0.255. The number of nitrogens with one attached hydrogen (secondary N) is 2. The number of urea groups is 1. The highest BCUT2D eigenvalue weighted by atomic mass is 16.7. The SMILES string of the molecule is CCNC(=O)NCc1cccc(-c2cccc(C3OC(CN4CCCC4CN4CCCC4)CC(c4ccc(CO)cc4)O3)c2)c1. The molecule has 8 nitrogen and oxygen atoms in total. The lowest BCUT2D eigenvalue weighted by molar-refractivity contribution is -0.253. The molecule has 3 saturated heterocycles. The molecule has 4 unspecified atom stereocenters. The van der Waals surface area contributed by atoms with Crippen molar-refractivity contribution in [2.75, 3.05) is 39.3 Å². The second-order valence-electron chi connectivity index (χ2n) is 12.7. The van der Waals surface area contributed by atoms with Crippen molar-refractivity contribution in [1.29, 1.82) is 0 Å². The Kier molecular flexibility index (Phi) is 10.8. The molecule has 0 spiro atoms. The van der Waals surface area contributed by atoms with Gasteiger partial charge in [-0.1, -0.05) is 60.7 Å². The number of benzene rings is 3. The summed E-state index contributed by atoms with van der Waals surface area (Å²) in [6, 6.07) is 25.3. The molecule has 3 aliphatic rings. The summed E-state index contributed by atoms with van der Waals surface area (Å²) >= 11 is 0. The zero-order chi connectivity index (χ0) is 31.0. The van der Waals surface area contributed by atoms with Crippen molar-refractivity contribution in [2.45, 2.75) is 76.7 Å². The van der Waals surface area contributed by atoms with Gasteiger partial charge in [-0.25, -0.2) is 4.79 Å². The molecule has 3 aromatic rings. The van der Waals surface area contributed by atoms with Crippen molar-refractivity contribution in [3.8, 4) is 11.1 Å². The van der Waals surface area contributed by atoms with E-state index in [1.807, 2.05) is 31.2 Å². The van der Waals surface area contributed by atoms with E-state index in [0.717, 1.165) is 52.9 Å². The number of carbonyl (C=O) groups excluding carboxylic acids is 1. The molecule has 0 aromatic heterocycles. The lowest BCUT2D eigenvalue weighted by Crippen LogP contribution is -2.45. The first-order chi connectivity index (χ1) is 22.1. The highest BCUT2D eigenvalue weighted by Crippen LogP contribution is 2.39. The molecule has 2 amide bonds. The zero-order valence-electron chi connectivity index (χ0n) is 26.5. The molecule has 3 N–H and O–H groups in total. The molecule has 3 fully saturated rings. The Balaban J connectivity index is 1.20. The summed E-state index contributed by atoms with van der Waals surface area (Å²) in [5, 5.41) is 15.3. The molecule has 0 bridgehead atoms. The van der Waals surface area contributed by atoms with Crippen molar-refractivity contribution in [3.63, 3.8) is 0 Å². The van der Waals surface area contributed by atoms with Crippen LogP contribution in [0.4, 0.5) is 4.79 Å². The second kappa shape index (κ2) is 15.3. The highest BCUT2D eigenvalue weighted by Gasteiger charge is 2.36. The second-order valence-corrected chi connectivity index (χ2v) is 12.7. The van der Waals surface area contributed by atoms with Crippen molar-refractivity contribution >= 4 is 6.03 Å². The minimum absolute atomic E-state index is 0.0313. The number of amides is 2. The molecular weight excluding hydrogens is 564 g/mol. The number of nitrogens with zero attached hydrogens (tertiary/aromatic N) is 2. The highest BCUT2D eigenvalue weighted by molar-refractivity contribution is 5.74. The summed E-state index contributed by atoms with van der Waals surface area (Å²) in [5.41, 5.74) is 6.21. The number of carbonyl (C=O) groups is 1. The summed E-state index contributed by atoms with van der Waals surface area (Å²) in [6.45, 7) is 8.65. The van der Waals surface area contributed by atoms with E-state index < -0.39 is 6.29 Å². The summed E-state index contributed by atoms with van der Waals surface area (Å²) in [6.07, 6.45) is 5.39. The van der Waals surface area contributed by atoms with Crippen LogP contribution in [-0.2, 0) is 22.6 Å². The van der Waals surface area contributed by atoms with Gasteiger partial charge in [-0.15, -0.1) is 0 Å². The van der Waals surface area contributed by atoms with Crippen LogP contribution < -0.4 is 10.6 Å². The van der Waals surface area contributed by atoms with Crippen LogP contribution >= 0.6 is 0 Å². The monoisotopic (exact) mass is 612 g/mol. The fraction of sp³-hybridized carbons (Fsp3) is 0.486. The van der Waals surface area contributed by atoms with E-state index in [2.05, 4.69) is 69.0 Å². The van der Waals surface area contributed by atoms with Gasteiger partial charge in [0, 0.05) is 44.2 Å². The number of aliphatic hydroxyl groups excluding tert-OH is 1. The maximum absolute atomic E-state index is 11.9. The van der Waals surface area contributed by atoms with Gasteiger partial charge in [0.1, 0.15) is 0 Å². The fourth-order valence-corrected chi connectivity index (χ4v) is 7.03. The fourth-order valence-electron chi connectivity index (χ4n) is 7.03. The van der Waals surface area contributed by atoms with Gasteiger partial charge in [0.2, 0.25) is 0 Å². The Hall–Kier alpha value is -3.27. The number of hydrogen-bond acceptors (Lipinski definition) is 6. The van der Waals surface area contributed by atoms with Crippen molar-refractivity contribution in [1.82, 2.24) is 20.4 Å². The van der Waals surface area contributed by atoms with E-state index in [-0.39, 0.29) is 24.8 Å². The Morgan fingerprint density at radius 3 is 2.40 bits per heavy atom. The standard InChI is InChI=1S/C37H48N4O4/c1-2-38-37(43)39-23-28-8-5-9-30(20-28)31-10-6-11-32(21-31)36-44-34(22-35(45-36)29-15-13-27(26-42)14-16-29)25-41-19-7-12-33(41)24-40-17-3-4-18-40/h5-6,8-11,13-16,20-21,33-36,42H,2-4,7,12,17-19,22-26H2,1H3,(H2,38,39,43). The molecule has 240 valence electrons. The van der Waals surface area contributed by atoms with Crippen LogP contribution in [0.2, 0.25) is 0 Å². The Labute approximate surface area is 267 Å². The normalized spacial score (nSPS) is 24.1. The van der Waals surface area contributed by atoms with Crippen LogP contribution in [-0.4, -0.2) is 72.4 Å². The zero-order valence-corrected chi connectivity index (χ0v) is 26.5. The molecular formula is C37H48N4O4. The third kappa shape index (κ3) is 8.31. The van der Waals surface area contributed by atoms with Crippen LogP contribution in [0.15, 0.2) is 72.8 Å². The van der Waals surface area contributed by atoms with Crippen LogP contribution in [0.25, 0.3) is 11.1 Å². The molecule has 0 aliphatic carbocycles. The van der Waals surface area contributed by atoms with Gasteiger partial charge in [0.15, 0.2) is 6.29 Å². The predicted octanol–water partition coefficient (Wildman–Crippen LogP) is 5.77. The summed E-state index contributed by atoms with van der Waals surface area (Å²) in [7, 11) is 0. The molecule has 4 atom stereocenters. The maximum Gasteiger partial charge on any atom is 0.315 e. The van der Waals surface area contributed by atoms with Gasteiger partial charge in [-0.3, -0.25) is 4.90 Å². The van der Waals surface area contributed by atoms with Crippen LogP contribution in [0.5, 0.6) is 0 Å². The van der Waals surface area contributed by atoms with E-state index in [0.29, 0.717) is 19.1 Å². The Morgan fingerprint density at radius 1 is 0.844 bits per heavy atom. The molecule has 45 heavy (non-hydrogen) atoms. The minimum Gasteiger partial charge on any atom is -0.392 e. The number of hydrogen-bond donors (Lipinski definition) is 3. The molecule has 0 radical (unpaired) electrons. The van der Waals surface area contributed by atoms with Crippen molar-refractivity contribution in [3.05, 3.63) is 95.1 Å². The van der Waals surface area contributed by atoms with Crippen LogP contribution in [0.3, 0.4) is 0 Å². The first kappa shape index (κ1) is 31.7. The number of likely N-dealkylation sites (tertiary alicyclic amines) is 2. The summed E-state index contributed by atoms with van der Waals surface area (Å²) in [5.74, 6) is 0. The predicted molar refractivity (Wildman–Crippen MR) is 176 cm³/mol. The van der Waals surface area contributed by atoms with E-state index in [4.69, 9.17) is 9.47 Å². The van der Waals surface area contributed by atoms with E-state index in [1.54, 1.807) is 0 Å². The average Bonchev–Trinajstić information content (AvgIpc) is 3.76. The summed E-state index contributed by atoms with van der Waals surface area (Å²) < 4.78 is 13.5. The third-order valence-corrected chi connectivity index (χ3v) is 9.43. The van der Waals surface area contributed by atoms with E-state index in [9.17, 15) is 9.90 Å². The first-order valence-corrected chi connectivity index (χ1v) is 16.8. The maximum atomic E-state index is 11.9. The minimum atomic E-state index is -0.492. The van der Waals surface area contributed by atoms with Crippen molar-refractivity contribution < 1.29 is 19.4 Å². The number of rotatable bonds is 11. The van der Waals surface area contributed by atoms with Gasteiger partial charge in [0.05, 0.1) is 18.8 Å². The summed E-state index contributed by atoms with van der Waals surface area (Å²) in [4.78, 5) is 17.2. The first-order valence-electron chi connectivity index (χ1n) is 16.8. The Bertz CT molecular complexity index is 1390. The van der Waals surface area contributed by atoms with Gasteiger partial charge in [-0.05, 0) is 92.2 Å². The molecule has 6 rings (SSSR count). The van der Waals surface area contributed by atoms with Gasteiger partial charge in [-0.2, -0.15) is 0 Å². The van der Waals surface area contributed by atoms with E-state index in [1.165, 1.54) is 45.3 Å². The lowest BCUT2D eigenvalue weighted by Gasteiger charge is -2.39. The molecule has 0 saturated carbocycles. The molecule has 3 heterocycles. The largest absolute Gasteiger partial charge is 0.392 e. The van der Waals surface area contributed by atoms with Gasteiger partial charge >= 0.3 is 6.03 Å². The Morgan fingerprint density at radius 2 is 1.62 bits per heavy atom. The van der Waals surface area contributed by atoms with Gasteiger partial charge < -0.3 is 30.1 Å². The number of aliphatic hydroxyl groups is 1. The van der Waals surface area contributed by atoms with Crippen LogP contribution in [0.1, 0.15) is 73.7 Å². The molecule has 8 heteroatoms. The lowest BCUT2D eigenvalue weighted by atomic mass is 9.98. The smallest absolute Gasteiger partial charge is 0.315 e. The van der Waals surface area contributed by atoms with Crippen molar-refractivity contribution in [2.24, 2.45) is 0 Å². The topological polar surface area (TPSA) is 86.3 Å². The van der Waals surface area contributed by atoms with Crippen LogP contribution in [0, 0.1) is 0 Å². The van der Waals surface area contributed by atoms with E-state index >= 15 is 0 Å². The average molecular weight is 613 g/mol.